The average Bonchev–Trinajstić information content (AvgIpc) is 3.81. The quantitative estimate of drug-likeness (QED) is 0.150. The molecule has 7 aromatic rings. The summed E-state index contributed by atoms with van der Waals surface area (Å²) < 4.78 is 6.28. The van der Waals surface area contributed by atoms with Crippen molar-refractivity contribution in [1.82, 2.24) is 54.1 Å². The predicted molar refractivity (Wildman–Crippen MR) is 201 cm³/mol. The smallest absolute Gasteiger partial charge is 0.257 e. The Hall–Kier alpha value is -6.91. The molecule has 2 aromatic carbocycles. The van der Waals surface area contributed by atoms with Gasteiger partial charge in [-0.2, -0.15) is 44.7 Å². The summed E-state index contributed by atoms with van der Waals surface area (Å²) in [5.41, 5.74) is 22.9. The van der Waals surface area contributed by atoms with Crippen molar-refractivity contribution in [3.63, 3.8) is 0 Å². The van der Waals surface area contributed by atoms with Crippen molar-refractivity contribution in [2.75, 3.05) is 11.5 Å². The Morgan fingerprint density at radius 2 is 0.849 bits per heavy atom. The van der Waals surface area contributed by atoms with Crippen LogP contribution in [0.5, 0.6) is 0 Å². The molecule has 0 unspecified atom stereocenters. The maximum atomic E-state index is 6.61. The van der Waals surface area contributed by atoms with Crippen molar-refractivity contribution in [1.29, 1.82) is 0 Å². The zero-order chi connectivity index (χ0) is 37.7. The van der Waals surface area contributed by atoms with Crippen molar-refractivity contribution in [3.05, 3.63) is 99.4 Å². The molecule has 53 heavy (non-hydrogen) atoms. The summed E-state index contributed by atoms with van der Waals surface area (Å²) in [6.45, 7) is 17.3. The second-order valence-electron chi connectivity index (χ2n) is 13.2. The van der Waals surface area contributed by atoms with E-state index in [-0.39, 0.29) is 23.5 Å². The van der Waals surface area contributed by atoms with Crippen LogP contribution in [0.15, 0.2) is 69.2 Å². The Labute approximate surface area is 305 Å². The van der Waals surface area contributed by atoms with Crippen molar-refractivity contribution < 1.29 is 0 Å². The number of nitrogens with zero attached hydrogens (tertiary/aromatic N) is 15. The minimum atomic E-state index is 0.148. The molecule has 0 amide bonds. The van der Waals surface area contributed by atoms with Gasteiger partial charge in [0.2, 0.25) is 0 Å². The fraction of sp³-hybridized carbons (Fsp3) is 0.250. The standard InChI is InChI=1S/C36H39N17/c1-18-10-19(2)13-27(12-18)50-33(22(5)16-39-50)46-44-29-24(7)48-52(31(29)37)35-41-26(9)42-36(43-35)53-32(38)30(25(8)49-53)45-47-34-23(6)17-40-51(34)28-14-20(3)11-21(4)15-28/h10-17H,37-38H2,1-9H3. The van der Waals surface area contributed by atoms with Gasteiger partial charge in [0.1, 0.15) is 5.82 Å². The number of anilines is 2. The fourth-order valence-corrected chi connectivity index (χ4v) is 6.08. The number of benzene rings is 2. The van der Waals surface area contributed by atoms with E-state index >= 15 is 0 Å². The molecule has 0 fully saturated rings. The van der Waals surface area contributed by atoms with Crippen LogP contribution in [0.4, 0.5) is 34.6 Å². The van der Waals surface area contributed by atoms with Gasteiger partial charge in [-0.1, -0.05) is 12.1 Å². The number of hydrogen-bond donors (Lipinski definition) is 2. The summed E-state index contributed by atoms with van der Waals surface area (Å²) in [6.07, 6.45) is 3.50. The number of aromatic nitrogens is 11. The van der Waals surface area contributed by atoms with Crippen LogP contribution in [0, 0.1) is 62.3 Å². The largest absolute Gasteiger partial charge is 0.382 e. The average molecular weight is 710 g/mol. The van der Waals surface area contributed by atoms with Crippen LogP contribution in [0.25, 0.3) is 23.3 Å². The van der Waals surface area contributed by atoms with E-state index in [1.165, 1.54) is 9.36 Å². The van der Waals surface area contributed by atoms with Crippen LogP contribution in [-0.2, 0) is 0 Å². The van der Waals surface area contributed by atoms with Crippen LogP contribution in [0.3, 0.4) is 0 Å². The summed E-state index contributed by atoms with van der Waals surface area (Å²) >= 11 is 0. The van der Waals surface area contributed by atoms with Gasteiger partial charge in [0.25, 0.3) is 11.9 Å². The Morgan fingerprint density at radius 1 is 0.472 bits per heavy atom. The maximum Gasteiger partial charge on any atom is 0.257 e. The summed E-state index contributed by atoms with van der Waals surface area (Å²) in [5, 5.41) is 36.4. The lowest BCUT2D eigenvalue weighted by molar-refractivity contribution is 0.732. The Bertz CT molecular complexity index is 2380. The van der Waals surface area contributed by atoms with E-state index in [1.54, 1.807) is 42.5 Å². The number of azo groups is 2. The number of aryl methyl sites for hydroxylation is 9. The zero-order valence-corrected chi connectivity index (χ0v) is 31.0. The lowest BCUT2D eigenvalue weighted by Gasteiger charge is -2.08. The Balaban J connectivity index is 1.21. The van der Waals surface area contributed by atoms with E-state index < -0.39 is 0 Å². The molecule has 0 bridgehead atoms. The fourth-order valence-electron chi connectivity index (χ4n) is 6.08. The highest BCUT2D eigenvalue weighted by molar-refractivity contribution is 5.64. The van der Waals surface area contributed by atoms with Crippen LogP contribution in [0.2, 0.25) is 0 Å². The number of hydrogen-bond acceptors (Lipinski definition) is 13. The number of nitrogens with two attached hydrogens (primary N) is 2. The van der Waals surface area contributed by atoms with E-state index in [2.05, 4.69) is 67.9 Å². The first-order valence-electron chi connectivity index (χ1n) is 16.8. The van der Waals surface area contributed by atoms with Crippen molar-refractivity contribution in [2.45, 2.75) is 62.3 Å². The van der Waals surface area contributed by atoms with Crippen molar-refractivity contribution >= 4 is 34.6 Å². The molecule has 0 aliphatic carbocycles. The van der Waals surface area contributed by atoms with E-state index in [0.717, 1.165) is 44.8 Å². The second-order valence-corrected chi connectivity index (χ2v) is 13.2. The topological polar surface area (TPSA) is 211 Å². The third-order valence-electron chi connectivity index (χ3n) is 8.46. The molecule has 7 rings (SSSR count). The molecular weight excluding hydrogens is 671 g/mol. The van der Waals surface area contributed by atoms with Gasteiger partial charge in [-0.25, -0.2) is 9.36 Å². The molecule has 0 aliphatic heterocycles. The van der Waals surface area contributed by atoms with Crippen LogP contribution in [-0.4, -0.2) is 54.1 Å². The molecular formula is C36H39N17. The summed E-state index contributed by atoms with van der Waals surface area (Å²) in [4.78, 5) is 13.7. The molecule has 5 aromatic heterocycles. The van der Waals surface area contributed by atoms with Crippen LogP contribution in [0.1, 0.15) is 50.6 Å². The molecule has 268 valence electrons. The van der Waals surface area contributed by atoms with E-state index in [4.69, 9.17) is 11.5 Å². The lowest BCUT2D eigenvalue weighted by atomic mass is 10.1. The van der Waals surface area contributed by atoms with E-state index in [9.17, 15) is 0 Å². The van der Waals surface area contributed by atoms with E-state index in [1.807, 2.05) is 65.8 Å². The Kier molecular flexibility index (Phi) is 8.69. The first-order chi connectivity index (χ1) is 25.3. The van der Waals surface area contributed by atoms with Gasteiger partial charge in [0, 0.05) is 11.1 Å². The van der Waals surface area contributed by atoms with Gasteiger partial charge in [-0.05, 0) is 109 Å². The molecule has 0 saturated carbocycles. The minimum Gasteiger partial charge on any atom is -0.382 e. The molecule has 0 atom stereocenters. The number of rotatable bonds is 8. The normalized spacial score (nSPS) is 11.9. The highest BCUT2D eigenvalue weighted by atomic mass is 15.5. The van der Waals surface area contributed by atoms with Crippen molar-refractivity contribution in [3.8, 4) is 23.3 Å². The lowest BCUT2D eigenvalue weighted by Crippen LogP contribution is -2.14. The molecule has 17 heteroatoms. The maximum absolute atomic E-state index is 6.61. The molecule has 0 aliphatic rings. The Morgan fingerprint density at radius 3 is 1.23 bits per heavy atom. The highest BCUT2D eigenvalue weighted by Crippen LogP contribution is 2.34. The van der Waals surface area contributed by atoms with Gasteiger partial charge in [0.05, 0.1) is 35.2 Å². The molecule has 17 nitrogen and oxygen atoms in total. The first kappa shape index (κ1) is 34.5. The molecule has 4 N–H and O–H groups in total. The summed E-state index contributed by atoms with van der Waals surface area (Å²) in [6, 6.07) is 12.4. The van der Waals surface area contributed by atoms with E-state index in [0.29, 0.717) is 40.2 Å². The third-order valence-corrected chi connectivity index (χ3v) is 8.46. The molecule has 5 heterocycles. The predicted octanol–water partition coefficient (Wildman–Crippen LogP) is 7.39. The highest BCUT2D eigenvalue weighted by Gasteiger charge is 2.22. The number of nitrogen functional groups attached to an aromatic ring is 2. The van der Waals surface area contributed by atoms with Crippen LogP contribution < -0.4 is 11.5 Å². The van der Waals surface area contributed by atoms with Crippen LogP contribution >= 0.6 is 0 Å². The molecule has 0 saturated heterocycles. The van der Waals surface area contributed by atoms with Gasteiger partial charge in [0.15, 0.2) is 34.6 Å². The molecule has 0 spiro atoms. The molecule has 0 radical (unpaired) electrons. The van der Waals surface area contributed by atoms with Gasteiger partial charge < -0.3 is 11.5 Å². The van der Waals surface area contributed by atoms with Gasteiger partial charge in [-0.15, -0.1) is 20.5 Å². The monoisotopic (exact) mass is 709 g/mol. The van der Waals surface area contributed by atoms with Gasteiger partial charge in [-0.3, -0.25) is 0 Å². The second kappa shape index (κ2) is 13.3. The zero-order valence-electron chi connectivity index (χ0n) is 31.0. The third kappa shape index (κ3) is 6.55. The summed E-state index contributed by atoms with van der Waals surface area (Å²) in [5.74, 6) is 2.20. The van der Waals surface area contributed by atoms with Crippen molar-refractivity contribution in [2.24, 2.45) is 20.5 Å². The first-order valence-corrected chi connectivity index (χ1v) is 16.8. The van der Waals surface area contributed by atoms with Gasteiger partial charge >= 0.3 is 0 Å². The minimum absolute atomic E-state index is 0.148. The SMILES string of the molecule is Cc1cc(C)cc(-n2ncc(C)c2N=Nc2c(C)nn(-c3nc(C)nc(-n4nc(C)c(N=Nc5c(C)cnn5-c5cc(C)cc(C)c5)c4N)n3)c2N)c1. The summed E-state index contributed by atoms with van der Waals surface area (Å²) in [7, 11) is 0.